The van der Waals surface area contributed by atoms with Crippen LogP contribution in [0.15, 0.2) is 11.6 Å². The monoisotopic (exact) mass is 516 g/mol. The first kappa shape index (κ1) is 26.5. The summed E-state index contributed by atoms with van der Waals surface area (Å²) in [5.41, 5.74) is 0.515. The zero-order chi connectivity index (χ0) is 21.4. The van der Waals surface area contributed by atoms with Gasteiger partial charge < -0.3 is 0 Å². The fourth-order valence-corrected chi connectivity index (χ4v) is 12.9. The molecular formula is C24H44O4Sn. The van der Waals surface area contributed by atoms with Crippen molar-refractivity contribution in [3.8, 4) is 0 Å². The molecule has 0 bridgehead atoms. The van der Waals surface area contributed by atoms with Crippen LogP contribution in [-0.2, 0) is 15.7 Å². The third-order valence-electron chi connectivity index (χ3n) is 5.74. The van der Waals surface area contributed by atoms with Crippen LogP contribution in [0.5, 0.6) is 0 Å². The van der Waals surface area contributed by atoms with E-state index in [-0.39, 0.29) is 11.9 Å². The molecule has 0 radical (unpaired) electrons. The predicted molar refractivity (Wildman–Crippen MR) is 122 cm³/mol. The van der Waals surface area contributed by atoms with Crippen LogP contribution in [0.2, 0.25) is 8.87 Å². The first-order valence-electron chi connectivity index (χ1n) is 12.2. The number of hydrogen-bond donors (Lipinski definition) is 0. The maximum atomic E-state index is 12.8. The van der Waals surface area contributed by atoms with Gasteiger partial charge >= 0.3 is 184 Å². The van der Waals surface area contributed by atoms with Crippen molar-refractivity contribution in [2.75, 3.05) is 0 Å². The summed E-state index contributed by atoms with van der Waals surface area (Å²) in [6, 6.07) is 0. The first-order valence-corrected chi connectivity index (χ1v) is 18.6. The zero-order valence-electron chi connectivity index (χ0n) is 19.2. The molecule has 0 amide bonds. The van der Waals surface area contributed by atoms with Gasteiger partial charge in [-0.25, -0.2) is 0 Å². The molecule has 1 aliphatic rings. The molecule has 168 valence electrons. The fraction of sp³-hybridized carbons (Fsp3) is 0.833. The number of rotatable bonds is 17. The van der Waals surface area contributed by atoms with Crippen LogP contribution in [-0.4, -0.2) is 31.1 Å². The van der Waals surface area contributed by atoms with Crippen LogP contribution < -0.4 is 0 Å². The van der Waals surface area contributed by atoms with Gasteiger partial charge in [0.15, 0.2) is 0 Å². The molecule has 0 aromatic rings. The van der Waals surface area contributed by atoms with Gasteiger partial charge in [0.2, 0.25) is 0 Å². The Hall–Kier alpha value is -0.521. The van der Waals surface area contributed by atoms with Crippen molar-refractivity contribution >= 4 is 31.1 Å². The Bertz CT molecular complexity index is 485. The Kier molecular flexibility index (Phi) is 14.8. The van der Waals surface area contributed by atoms with Gasteiger partial charge in [-0.1, -0.05) is 0 Å². The van der Waals surface area contributed by atoms with Crippen molar-refractivity contribution in [3.05, 3.63) is 11.6 Å². The van der Waals surface area contributed by atoms with Crippen LogP contribution in [0, 0.1) is 0 Å². The summed E-state index contributed by atoms with van der Waals surface area (Å²) >= 11 is -3.73. The molecule has 0 saturated heterocycles. The van der Waals surface area contributed by atoms with E-state index < -0.39 is 19.2 Å². The molecule has 0 atom stereocenters. The van der Waals surface area contributed by atoms with E-state index in [9.17, 15) is 9.59 Å². The van der Waals surface area contributed by atoms with Crippen LogP contribution in [0.3, 0.4) is 0 Å². The standard InChI is InChI=1S/C8H12O4.2C8H17.Sn/c1-2-3-4-6(8(11)12)5-7(9)10;2*1-3-5-7-8-6-4-2;/h5H,2-4H2,1H3,(H,9,10)(H,11,12);2*1,3-8H2,2H3;/q;;;+2/p-2. The molecule has 29 heavy (non-hydrogen) atoms. The molecular weight excluding hydrogens is 471 g/mol. The number of carbonyl (C=O) groups excluding carboxylic acids is 2. The van der Waals surface area contributed by atoms with Gasteiger partial charge in [0.05, 0.1) is 0 Å². The number of carbonyl (C=O) groups is 2. The first-order chi connectivity index (χ1) is 14.1. The van der Waals surface area contributed by atoms with E-state index >= 15 is 0 Å². The molecule has 0 unspecified atom stereocenters. The van der Waals surface area contributed by atoms with Crippen LogP contribution in [0.1, 0.15) is 117 Å². The van der Waals surface area contributed by atoms with Gasteiger partial charge in [-0.2, -0.15) is 0 Å². The minimum absolute atomic E-state index is 0.267. The average molecular weight is 515 g/mol. The van der Waals surface area contributed by atoms with Gasteiger partial charge in [0.25, 0.3) is 0 Å². The molecule has 0 fully saturated rings. The molecule has 5 heteroatoms. The SMILES string of the molecule is CCCCCCC[CH2][Sn]1([CH2]CCCCCCC)[O]C(=O)C=C(CCCC)C(=O)[O]1. The molecule has 0 aromatic carbocycles. The molecule has 4 nitrogen and oxygen atoms in total. The summed E-state index contributed by atoms with van der Waals surface area (Å²) in [5, 5.41) is 0. The van der Waals surface area contributed by atoms with Gasteiger partial charge in [0.1, 0.15) is 0 Å². The van der Waals surface area contributed by atoms with Gasteiger partial charge in [-0.15, -0.1) is 0 Å². The molecule has 1 heterocycles. The minimum atomic E-state index is -3.73. The maximum absolute atomic E-state index is 12.8. The van der Waals surface area contributed by atoms with E-state index in [0.29, 0.717) is 12.0 Å². The summed E-state index contributed by atoms with van der Waals surface area (Å²) < 4.78 is 13.7. The fourth-order valence-electron chi connectivity index (χ4n) is 3.89. The second-order valence-electron chi connectivity index (χ2n) is 8.53. The summed E-state index contributed by atoms with van der Waals surface area (Å²) in [6.07, 6.45) is 18.2. The van der Waals surface area contributed by atoms with Crippen molar-refractivity contribution in [1.29, 1.82) is 0 Å². The van der Waals surface area contributed by atoms with Crippen molar-refractivity contribution in [2.24, 2.45) is 0 Å². The second kappa shape index (κ2) is 16.2. The second-order valence-corrected chi connectivity index (χ2v) is 17.7. The summed E-state index contributed by atoms with van der Waals surface area (Å²) in [7, 11) is 0. The Morgan fingerprint density at radius 3 is 1.66 bits per heavy atom. The zero-order valence-corrected chi connectivity index (χ0v) is 22.1. The topological polar surface area (TPSA) is 52.6 Å². The third-order valence-corrected chi connectivity index (χ3v) is 15.3. The molecule has 1 rings (SSSR count). The van der Waals surface area contributed by atoms with Crippen molar-refractivity contribution in [3.63, 3.8) is 0 Å². The third kappa shape index (κ3) is 11.4. The molecule has 0 N–H and O–H groups in total. The van der Waals surface area contributed by atoms with E-state index in [1.807, 2.05) is 0 Å². The van der Waals surface area contributed by atoms with E-state index in [2.05, 4.69) is 20.8 Å². The van der Waals surface area contributed by atoms with Crippen LogP contribution >= 0.6 is 0 Å². The Morgan fingerprint density at radius 1 is 0.655 bits per heavy atom. The van der Waals surface area contributed by atoms with E-state index in [1.54, 1.807) is 0 Å². The van der Waals surface area contributed by atoms with Crippen molar-refractivity contribution in [2.45, 2.75) is 126 Å². The normalized spacial score (nSPS) is 16.2. The van der Waals surface area contributed by atoms with E-state index in [4.69, 9.17) is 6.15 Å². The molecule has 0 aromatic heterocycles. The van der Waals surface area contributed by atoms with Gasteiger partial charge in [-0.05, 0) is 0 Å². The molecule has 0 aliphatic carbocycles. The van der Waals surface area contributed by atoms with Crippen LogP contribution in [0.25, 0.3) is 0 Å². The van der Waals surface area contributed by atoms with Crippen molar-refractivity contribution in [1.82, 2.24) is 0 Å². The number of unbranched alkanes of at least 4 members (excludes halogenated alkanes) is 11. The van der Waals surface area contributed by atoms with Crippen molar-refractivity contribution < 1.29 is 15.7 Å². The summed E-state index contributed by atoms with van der Waals surface area (Å²) in [4.78, 5) is 25.2. The summed E-state index contributed by atoms with van der Waals surface area (Å²) in [5.74, 6) is -0.591. The average Bonchev–Trinajstić information content (AvgIpc) is 2.81. The Morgan fingerprint density at radius 2 is 1.14 bits per heavy atom. The van der Waals surface area contributed by atoms with Gasteiger partial charge in [-0.3, -0.25) is 0 Å². The quantitative estimate of drug-likeness (QED) is 0.150. The predicted octanol–water partition coefficient (Wildman–Crippen LogP) is 7.37. The molecule has 0 spiro atoms. The summed E-state index contributed by atoms with van der Waals surface area (Å²) in [6.45, 7) is 6.53. The Labute approximate surface area is 184 Å². The Balaban J connectivity index is 2.68. The van der Waals surface area contributed by atoms with Crippen LogP contribution in [0.4, 0.5) is 0 Å². The van der Waals surface area contributed by atoms with Gasteiger partial charge in [0, 0.05) is 0 Å². The molecule has 1 aliphatic heterocycles. The van der Waals surface area contributed by atoms with E-state index in [0.717, 1.165) is 47.4 Å². The molecule has 0 saturated carbocycles. The van der Waals surface area contributed by atoms with E-state index in [1.165, 1.54) is 57.4 Å². The number of hydrogen-bond acceptors (Lipinski definition) is 4.